The van der Waals surface area contributed by atoms with Crippen molar-refractivity contribution in [3.05, 3.63) is 30.3 Å². The second-order valence-electron chi connectivity index (χ2n) is 6.78. The number of fused-ring (bicyclic) bond motifs is 1. The fraction of sp³-hybridized carbons (Fsp3) is 0.500. The maximum Gasteiger partial charge on any atom is 0.222 e. The molecule has 5 nitrogen and oxygen atoms in total. The Balaban J connectivity index is 1.64. The van der Waals surface area contributed by atoms with E-state index in [-0.39, 0.29) is 17.8 Å². The number of piperidine rings is 1. The van der Waals surface area contributed by atoms with Gasteiger partial charge in [-0.15, -0.1) is 0 Å². The number of nitrogens with zero attached hydrogens (tertiary/aromatic N) is 3. The summed E-state index contributed by atoms with van der Waals surface area (Å²) in [6, 6.07) is 4.75. The van der Waals surface area contributed by atoms with Gasteiger partial charge in [0, 0.05) is 30.9 Å². The minimum absolute atomic E-state index is 0.231. The van der Waals surface area contributed by atoms with Crippen LogP contribution in [0, 0.1) is 11.7 Å². The average molecular weight is 330 g/mol. The molecule has 0 atom stereocenters. The first-order valence-electron chi connectivity index (χ1n) is 8.47. The monoisotopic (exact) mass is 330 g/mol. The largest absolute Gasteiger partial charge is 0.367 e. The molecule has 1 aromatic heterocycles. The van der Waals surface area contributed by atoms with Crippen LogP contribution in [0.5, 0.6) is 0 Å². The first kappa shape index (κ1) is 16.6. The molecule has 1 aromatic carbocycles. The first-order valence-corrected chi connectivity index (χ1v) is 8.47. The molecule has 24 heavy (non-hydrogen) atoms. The van der Waals surface area contributed by atoms with Crippen molar-refractivity contribution in [2.75, 3.05) is 18.4 Å². The number of benzene rings is 1. The molecule has 1 N–H and O–H groups in total. The van der Waals surface area contributed by atoms with Crippen LogP contribution >= 0.6 is 0 Å². The van der Waals surface area contributed by atoms with Crippen molar-refractivity contribution in [2.24, 2.45) is 5.92 Å². The standard InChI is InChI=1S/C18H23FN4O/c1-12(2)9-17(24)23-7-5-14(6-8-23)22-18-15-10-13(19)3-4-16(15)20-11-21-18/h3-4,10-12,14H,5-9H2,1-2H3,(H,20,21,22). The molecule has 0 aliphatic carbocycles. The van der Waals surface area contributed by atoms with Gasteiger partial charge in [-0.1, -0.05) is 13.8 Å². The number of carbonyl (C=O) groups excluding carboxylic acids is 1. The van der Waals surface area contributed by atoms with Gasteiger partial charge >= 0.3 is 0 Å². The lowest BCUT2D eigenvalue weighted by atomic mass is 10.0. The van der Waals surface area contributed by atoms with Gasteiger partial charge < -0.3 is 10.2 Å². The minimum atomic E-state index is -0.297. The molecule has 3 rings (SSSR count). The fourth-order valence-electron chi connectivity index (χ4n) is 3.09. The van der Waals surface area contributed by atoms with Gasteiger partial charge in [0.25, 0.3) is 0 Å². The number of aromatic nitrogens is 2. The molecule has 0 radical (unpaired) electrons. The number of hydrogen-bond donors (Lipinski definition) is 1. The summed E-state index contributed by atoms with van der Waals surface area (Å²) in [6.07, 6.45) is 3.83. The van der Waals surface area contributed by atoms with Crippen LogP contribution in [0.4, 0.5) is 10.2 Å². The number of anilines is 1. The van der Waals surface area contributed by atoms with E-state index >= 15 is 0 Å². The van der Waals surface area contributed by atoms with Crippen molar-refractivity contribution in [3.8, 4) is 0 Å². The van der Waals surface area contributed by atoms with Crippen LogP contribution in [0.25, 0.3) is 10.9 Å². The zero-order chi connectivity index (χ0) is 17.1. The molecule has 1 amide bonds. The van der Waals surface area contributed by atoms with Crippen molar-refractivity contribution < 1.29 is 9.18 Å². The fourth-order valence-corrected chi connectivity index (χ4v) is 3.09. The van der Waals surface area contributed by atoms with Crippen LogP contribution in [-0.4, -0.2) is 39.9 Å². The van der Waals surface area contributed by atoms with Gasteiger partial charge in [0.05, 0.1) is 5.52 Å². The molecule has 6 heteroatoms. The maximum absolute atomic E-state index is 13.5. The summed E-state index contributed by atoms with van der Waals surface area (Å²) in [6.45, 7) is 5.62. The lowest BCUT2D eigenvalue weighted by molar-refractivity contribution is -0.132. The Morgan fingerprint density at radius 2 is 2.08 bits per heavy atom. The Morgan fingerprint density at radius 1 is 1.33 bits per heavy atom. The van der Waals surface area contributed by atoms with Gasteiger partial charge in [0.2, 0.25) is 5.91 Å². The summed E-state index contributed by atoms with van der Waals surface area (Å²) in [5, 5.41) is 4.09. The minimum Gasteiger partial charge on any atom is -0.367 e. The summed E-state index contributed by atoms with van der Waals surface area (Å²) in [5.41, 5.74) is 0.721. The van der Waals surface area contributed by atoms with E-state index in [0.717, 1.165) is 31.4 Å². The lowest BCUT2D eigenvalue weighted by Gasteiger charge is -2.33. The molecule has 0 saturated carbocycles. The van der Waals surface area contributed by atoms with E-state index in [4.69, 9.17) is 0 Å². The Bertz CT molecular complexity index is 726. The normalized spacial score (nSPS) is 15.9. The zero-order valence-corrected chi connectivity index (χ0v) is 14.1. The predicted molar refractivity (Wildman–Crippen MR) is 92.2 cm³/mol. The van der Waals surface area contributed by atoms with Crippen molar-refractivity contribution >= 4 is 22.6 Å². The third-order valence-corrected chi connectivity index (χ3v) is 4.37. The number of halogens is 1. The number of carbonyl (C=O) groups is 1. The number of hydrogen-bond acceptors (Lipinski definition) is 4. The van der Waals surface area contributed by atoms with E-state index in [1.54, 1.807) is 6.07 Å². The summed E-state index contributed by atoms with van der Waals surface area (Å²) < 4.78 is 13.5. The molecule has 2 aromatic rings. The van der Waals surface area contributed by atoms with Crippen molar-refractivity contribution in [3.63, 3.8) is 0 Å². The Labute approximate surface area is 141 Å². The summed E-state index contributed by atoms with van der Waals surface area (Å²) >= 11 is 0. The second kappa shape index (κ2) is 7.11. The van der Waals surface area contributed by atoms with Crippen molar-refractivity contribution in [1.82, 2.24) is 14.9 Å². The highest BCUT2D eigenvalue weighted by Gasteiger charge is 2.23. The highest BCUT2D eigenvalue weighted by molar-refractivity contribution is 5.88. The smallest absolute Gasteiger partial charge is 0.222 e. The summed E-state index contributed by atoms with van der Waals surface area (Å²) in [7, 11) is 0. The molecule has 128 valence electrons. The maximum atomic E-state index is 13.5. The predicted octanol–water partition coefficient (Wildman–Crippen LogP) is 3.22. The second-order valence-corrected chi connectivity index (χ2v) is 6.78. The zero-order valence-electron chi connectivity index (χ0n) is 14.1. The molecule has 0 bridgehead atoms. The molecular formula is C18H23FN4O. The Hall–Kier alpha value is -2.24. The van der Waals surface area contributed by atoms with Gasteiger partial charge in [-0.2, -0.15) is 0 Å². The first-order chi connectivity index (χ1) is 11.5. The Morgan fingerprint density at radius 3 is 2.79 bits per heavy atom. The van der Waals surface area contributed by atoms with Crippen LogP contribution in [0.2, 0.25) is 0 Å². The molecule has 1 aliphatic rings. The molecule has 2 heterocycles. The van der Waals surface area contributed by atoms with Crippen LogP contribution in [-0.2, 0) is 4.79 Å². The Kier molecular flexibility index (Phi) is 4.92. The molecule has 1 saturated heterocycles. The molecule has 0 unspecified atom stereocenters. The van der Waals surface area contributed by atoms with Crippen LogP contribution in [0.15, 0.2) is 24.5 Å². The molecule has 1 fully saturated rings. The lowest BCUT2D eigenvalue weighted by Crippen LogP contribution is -2.42. The molecule has 1 aliphatic heterocycles. The topological polar surface area (TPSA) is 58.1 Å². The van der Waals surface area contributed by atoms with Gasteiger partial charge in [0.15, 0.2) is 0 Å². The molecule has 0 spiro atoms. The summed E-state index contributed by atoms with van der Waals surface area (Å²) in [4.78, 5) is 22.5. The third kappa shape index (κ3) is 3.80. The van der Waals surface area contributed by atoms with E-state index in [2.05, 4.69) is 29.1 Å². The highest BCUT2D eigenvalue weighted by Crippen LogP contribution is 2.23. The summed E-state index contributed by atoms with van der Waals surface area (Å²) in [5.74, 6) is 0.981. The van der Waals surface area contributed by atoms with Gasteiger partial charge in [-0.3, -0.25) is 4.79 Å². The number of nitrogens with one attached hydrogen (secondary N) is 1. The number of rotatable bonds is 4. The van der Waals surface area contributed by atoms with E-state index in [0.29, 0.717) is 23.5 Å². The molecular weight excluding hydrogens is 307 g/mol. The van der Waals surface area contributed by atoms with Gasteiger partial charge in [-0.25, -0.2) is 14.4 Å². The quantitative estimate of drug-likeness (QED) is 0.935. The number of likely N-dealkylation sites (tertiary alicyclic amines) is 1. The van der Waals surface area contributed by atoms with Gasteiger partial charge in [0.1, 0.15) is 18.0 Å². The van der Waals surface area contributed by atoms with E-state index in [1.807, 2.05) is 4.90 Å². The number of amides is 1. The van der Waals surface area contributed by atoms with Gasteiger partial charge in [-0.05, 0) is 37.0 Å². The third-order valence-electron chi connectivity index (χ3n) is 4.37. The highest BCUT2D eigenvalue weighted by atomic mass is 19.1. The van der Waals surface area contributed by atoms with Crippen LogP contribution in [0.3, 0.4) is 0 Å². The van der Waals surface area contributed by atoms with Crippen molar-refractivity contribution in [2.45, 2.75) is 39.2 Å². The SMILES string of the molecule is CC(C)CC(=O)N1CCC(Nc2ncnc3ccc(F)cc23)CC1. The average Bonchev–Trinajstić information content (AvgIpc) is 2.55. The van der Waals surface area contributed by atoms with E-state index in [9.17, 15) is 9.18 Å². The van der Waals surface area contributed by atoms with E-state index in [1.165, 1.54) is 18.5 Å². The van der Waals surface area contributed by atoms with Crippen LogP contribution < -0.4 is 5.32 Å². The van der Waals surface area contributed by atoms with Crippen molar-refractivity contribution in [1.29, 1.82) is 0 Å². The van der Waals surface area contributed by atoms with Crippen LogP contribution in [0.1, 0.15) is 33.1 Å². The van der Waals surface area contributed by atoms with E-state index < -0.39 is 0 Å².